The van der Waals surface area contributed by atoms with Gasteiger partial charge in [-0.1, -0.05) is 13.8 Å². The number of rotatable bonds is 8. The van der Waals surface area contributed by atoms with Crippen molar-refractivity contribution < 1.29 is 19.0 Å². The van der Waals surface area contributed by atoms with Gasteiger partial charge < -0.3 is 14.2 Å². The van der Waals surface area contributed by atoms with Gasteiger partial charge in [0.1, 0.15) is 17.1 Å². The van der Waals surface area contributed by atoms with E-state index in [0.29, 0.717) is 13.2 Å². The Labute approximate surface area is 139 Å². The van der Waals surface area contributed by atoms with Gasteiger partial charge in [-0.3, -0.25) is 0 Å². The van der Waals surface area contributed by atoms with Crippen LogP contribution in [0.2, 0.25) is 0 Å². The van der Waals surface area contributed by atoms with Gasteiger partial charge in [-0.05, 0) is 57.9 Å². The molecule has 4 nitrogen and oxygen atoms in total. The zero-order chi connectivity index (χ0) is 17.3. The third kappa shape index (κ3) is 7.73. The van der Waals surface area contributed by atoms with E-state index in [9.17, 15) is 4.79 Å². The molecule has 0 amide bonds. The molecule has 0 aliphatic rings. The van der Waals surface area contributed by atoms with Gasteiger partial charge >= 0.3 is 5.97 Å². The fraction of sp³-hybridized carbons (Fsp3) is 0.526. The highest BCUT2D eigenvalue weighted by atomic mass is 16.6. The summed E-state index contributed by atoms with van der Waals surface area (Å²) in [6, 6.07) is 5.63. The molecule has 0 fully saturated rings. The Bertz CT molecular complexity index is 527. The van der Waals surface area contributed by atoms with Crippen LogP contribution in [0.25, 0.3) is 6.08 Å². The van der Waals surface area contributed by atoms with Crippen molar-refractivity contribution in [3.63, 3.8) is 0 Å². The highest BCUT2D eigenvalue weighted by Crippen LogP contribution is 2.26. The van der Waals surface area contributed by atoms with Gasteiger partial charge in [-0.25, -0.2) is 4.79 Å². The van der Waals surface area contributed by atoms with E-state index in [-0.39, 0.29) is 5.97 Å². The van der Waals surface area contributed by atoms with Crippen molar-refractivity contribution in [1.82, 2.24) is 0 Å². The number of carbonyl (C=O) groups excluding carboxylic acids is 1. The first-order chi connectivity index (χ1) is 10.9. The molecule has 0 unspecified atom stereocenters. The standard InChI is InChI=1S/C19H28O4/c1-6-12-21-16-9-10-17(22-13-7-2)15(14-16)8-11-18(20)23-19(3,4)5/h8-11,14H,6-7,12-13H2,1-5H3. The second kappa shape index (κ2) is 9.23. The molecule has 0 saturated heterocycles. The Kier molecular flexibility index (Phi) is 7.66. The quantitative estimate of drug-likeness (QED) is 0.518. The first kappa shape index (κ1) is 19.1. The van der Waals surface area contributed by atoms with Crippen LogP contribution in [-0.2, 0) is 9.53 Å². The van der Waals surface area contributed by atoms with Gasteiger partial charge in [0, 0.05) is 11.6 Å². The van der Waals surface area contributed by atoms with Gasteiger partial charge in [0.15, 0.2) is 0 Å². The summed E-state index contributed by atoms with van der Waals surface area (Å²) in [5.74, 6) is 1.12. The largest absolute Gasteiger partial charge is 0.494 e. The minimum absolute atomic E-state index is 0.376. The Morgan fingerprint density at radius 1 is 1.09 bits per heavy atom. The molecular weight excluding hydrogens is 292 g/mol. The Morgan fingerprint density at radius 2 is 1.74 bits per heavy atom. The van der Waals surface area contributed by atoms with E-state index >= 15 is 0 Å². The minimum atomic E-state index is -0.505. The van der Waals surface area contributed by atoms with Crippen LogP contribution in [0, 0.1) is 0 Å². The zero-order valence-corrected chi connectivity index (χ0v) is 14.8. The van der Waals surface area contributed by atoms with Crippen LogP contribution in [0.5, 0.6) is 11.5 Å². The molecule has 0 aliphatic carbocycles. The average molecular weight is 320 g/mol. The van der Waals surface area contributed by atoms with Crippen LogP contribution in [0.4, 0.5) is 0 Å². The number of ether oxygens (including phenoxy) is 3. The molecule has 128 valence electrons. The van der Waals surface area contributed by atoms with Gasteiger partial charge in [0.25, 0.3) is 0 Å². The van der Waals surface area contributed by atoms with Crippen molar-refractivity contribution >= 4 is 12.0 Å². The van der Waals surface area contributed by atoms with E-state index in [1.165, 1.54) is 6.08 Å². The first-order valence-electron chi connectivity index (χ1n) is 8.16. The Hall–Kier alpha value is -1.97. The van der Waals surface area contributed by atoms with Crippen molar-refractivity contribution in [3.8, 4) is 11.5 Å². The molecule has 0 aromatic heterocycles. The lowest BCUT2D eigenvalue weighted by Gasteiger charge is -2.18. The third-order valence-electron chi connectivity index (χ3n) is 2.72. The van der Waals surface area contributed by atoms with Gasteiger partial charge in [0.2, 0.25) is 0 Å². The molecular formula is C19H28O4. The average Bonchev–Trinajstić information content (AvgIpc) is 2.48. The molecule has 23 heavy (non-hydrogen) atoms. The summed E-state index contributed by atoms with van der Waals surface area (Å²) in [7, 11) is 0. The lowest BCUT2D eigenvalue weighted by molar-refractivity contribution is -0.148. The second-order valence-electron chi connectivity index (χ2n) is 6.26. The lowest BCUT2D eigenvalue weighted by atomic mass is 10.1. The second-order valence-corrected chi connectivity index (χ2v) is 6.26. The highest BCUT2D eigenvalue weighted by molar-refractivity contribution is 5.88. The summed E-state index contributed by atoms with van der Waals surface area (Å²) >= 11 is 0. The topological polar surface area (TPSA) is 44.8 Å². The van der Waals surface area contributed by atoms with Crippen LogP contribution in [0.1, 0.15) is 53.0 Å². The van der Waals surface area contributed by atoms with Crippen LogP contribution in [0.3, 0.4) is 0 Å². The molecule has 1 aromatic rings. The number of carbonyl (C=O) groups is 1. The molecule has 4 heteroatoms. The number of benzene rings is 1. The monoisotopic (exact) mass is 320 g/mol. The number of esters is 1. The molecule has 0 N–H and O–H groups in total. The normalized spacial score (nSPS) is 11.5. The molecule has 1 rings (SSSR count). The molecule has 0 saturated carbocycles. The Morgan fingerprint density at radius 3 is 2.35 bits per heavy atom. The summed E-state index contributed by atoms with van der Waals surface area (Å²) in [5, 5.41) is 0. The molecule has 1 aromatic carbocycles. The number of hydrogen-bond acceptors (Lipinski definition) is 4. The summed E-state index contributed by atoms with van der Waals surface area (Å²) in [6.45, 7) is 10.9. The SMILES string of the molecule is CCCOc1ccc(OCCC)c(C=CC(=O)OC(C)(C)C)c1. The Balaban J connectivity index is 2.91. The predicted octanol–water partition coefficient (Wildman–Crippen LogP) is 4.62. The summed E-state index contributed by atoms with van der Waals surface area (Å²) in [4.78, 5) is 11.8. The van der Waals surface area contributed by atoms with Crippen LogP contribution >= 0.6 is 0 Å². The van der Waals surface area contributed by atoms with E-state index in [1.807, 2.05) is 39.0 Å². The van der Waals surface area contributed by atoms with Crippen LogP contribution < -0.4 is 9.47 Å². The zero-order valence-electron chi connectivity index (χ0n) is 14.8. The predicted molar refractivity (Wildman–Crippen MR) is 92.9 cm³/mol. The highest BCUT2D eigenvalue weighted by Gasteiger charge is 2.14. The smallest absolute Gasteiger partial charge is 0.331 e. The minimum Gasteiger partial charge on any atom is -0.494 e. The lowest BCUT2D eigenvalue weighted by Crippen LogP contribution is -2.22. The maximum atomic E-state index is 11.8. The van der Waals surface area contributed by atoms with Gasteiger partial charge in [0.05, 0.1) is 13.2 Å². The van der Waals surface area contributed by atoms with E-state index in [4.69, 9.17) is 14.2 Å². The summed E-state index contributed by atoms with van der Waals surface area (Å²) in [6.07, 6.45) is 4.99. The first-order valence-corrected chi connectivity index (χ1v) is 8.16. The van der Waals surface area contributed by atoms with E-state index in [1.54, 1.807) is 6.08 Å². The van der Waals surface area contributed by atoms with Gasteiger partial charge in [-0.2, -0.15) is 0 Å². The molecule has 0 atom stereocenters. The molecule has 0 radical (unpaired) electrons. The van der Waals surface area contributed by atoms with E-state index < -0.39 is 5.60 Å². The fourth-order valence-electron chi connectivity index (χ4n) is 1.80. The molecule has 0 heterocycles. The molecule has 0 bridgehead atoms. The summed E-state index contributed by atoms with van der Waals surface area (Å²) in [5.41, 5.74) is 0.299. The van der Waals surface area contributed by atoms with Crippen molar-refractivity contribution in [2.75, 3.05) is 13.2 Å². The van der Waals surface area contributed by atoms with Crippen molar-refractivity contribution in [2.45, 2.75) is 53.1 Å². The van der Waals surface area contributed by atoms with Crippen molar-refractivity contribution in [3.05, 3.63) is 29.8 Å². The van der Waals surface area contributed by atoms with Crippen molar-refractivity contribution in [1.29, 1.82) is 0 Å². The van der Waals surface area contributed by atoms with E-state index in [2.05, 4.69) is 13.8 Å². The van der Waals surface area contributed by atoms with Crippen LogP contribution in [-0.4, -0.2) is 24.8 Å². The molecule has 0 aliphatic heterocycles. The third-order valence-corrected chi connectivity index (χ3v) is 2.72. The van der Waals surface area contributed by atoms with Gasteiger partial charge in [-0.15, -0.1) is 0 Å². The fourth-order valence-corrected chi connectivity index (χ4v) is 1.80. The van der Waals surface area contributed by atoms with Crippen molar-refractivity contribution in [2.24, 2.45) is 0 Å². The van der Waals surface area contributed by atoms with E-state index in [0.717, 1.165) is 29.9 Å². The molecule has 0 spiro atoms. The number of hydrogen-bond donors (Lipinski definition) is 0. The van der Waals surface area contributed by atoms with Crippen LogP contribution in [0.15, 0.2) is 24.3 Å². The summed E-state index contributed by atoms with van der Waals surface area (Å²) < 4.78 is 16.6. The maximum Gasteiger partial charge on any atom is 0.331 e. The maximum absolute atomic E-state index is 11.8.